The van der Waals surface area contributed by atoms with Gasteiger partial charge in [-0.25, -0.2) is 4.79 Å². The zero-order chi connectivity index (χ0) is 13.0. The molecular weight excluding hydrogens is 232 g/mol. The third-order valence-electron chi connectivity index (χ3n) is 2.89. The van der Waals surface area contributed by atoms with Gasteiger partial charge in [-0.15, -0.1) is 0 Å². The average molecular weight is 252 g/mol. The Hall–Kier alpha value is -1.49. The van der Waals surface area contributed by atoms with E-state index >= 15 is 0 Å². The van der Waals surface area contributed by atoms with Crippen LogP contribution in [-0.4, -0.2) is 30.4 Å². The minimum absolute atomic E-state index is 0.296. The van der Waals surface area contributed by atoms with Gasteiger partial charge in [-0.1, -0.05) is 0 Å². The van der Waals surface area contributed by atoms with Crippen LogP contribution >= 0.6 is 0 Å². The number of anilines is 1. The Morgan fingerprint density at radius 1 is 1.50 bits per heavy atom. The number of nitrogens with two attached hydrogens (primary N) is 1. The molecule has 0 aliphatic heterocycles. The van der Waals surface area contributed by atoms with Crippen LogP contribution < -0.4 is 5.73 Å². The van der Waals surface area contributed by atoms with Crippen LogP contribution in [0.4, 0.5) is 5.69 Å². The van der Waals surface area contributed by atoms with Crippen LogP contribution in [0.15, 0.2) is 12.3 Å². The molecule has 0 spiro atoms. The topological polar surface area (TPSA) is 66.5 Å². The monoisotopic (exact) mass is 252 g/mol. The lowest BCUT2D eigenvalue weighted by molar-refractivity contribution is 0.0440. The molecule has 0 bridgehead atoms. The van der Waals surface area contributed by atoms with Gasteiger partial charge in [-0.3, -0.25) is 0 Å². The first-order valence-electron chi connectivity index (χ1n) is 6.44. The minimum Gasteiger partial charge on any atom is -0.461 e. The van der Waals surface area contributed by atoms with Gasteiger partial charge in [0.25, 0.3) is 0 Å². The van der Waals surface area contributed by atoms with Crippen LogP contribution in [0.2, 0.25) is 0 Å². The highest BCUT2D eigenvalue weighted by Gasteiger charge is 2.28. The standard InChI is InChI=1S/C13H20N2O3/c1-2-17-6-3-7-18-13(16)12-8-10(14)9-15(12)11-4-5-11/h8-9,11H,2-7,14H2,1H3. The number of nitrogen functional groups attached to an aromatic ring is 1. The van der Waals surface area contributed by atoms with E-state index in [1.165, 1.54) is 0 Å². The number of carbonyl (C=O) groups is 1. The number of hydrogen-bond acceptors (Lipinski definition) is 4. The molecule has 0 radical (unpaired) electrons. The zero-order valence-electron chi connectivity index (χ0n) is 10.7. The van der Waals surface area contributed by atoms with Crippen molar-refractivity contribution < 1.29 is 14.3 Å². The predicted molar refractivity (Wildman–Crippen MR) is 68.5 cm³/mol. The Morgan fingerprint density at radius 2 is 2.28 bits per heavy atom. The maximum absolute atomic E-state index is 11.9. The van der Waals surface area contributed by atoms with E-state index in [1.54, 1.807) is 6.07 Å². The van der Waals surface area contributed by atoms with Crippen molar-refractivity contribution in [1.29, 1.82) is 0 Å². The van der Waals surface area contributed by atoms with E-state index in [0.29, 0.717) is 37.2 Å². The Morgan fingerprint density at radius 3 is 2.94 bits per heavy atom. The SMILES string of the molecule is CCOCCCOC(=O)c1cc(N)cn1C1CC1. The molecule has 5 nitrogen and oxygen atoms in total. The van der Waals surface area contributed by atoms with Crippen molar-refractivity contribution in [3.63, 3.8) is 0 Å². The number of nitrogens with zero attached hydrogens (tertiary/aromatic N) is 1. The normalized spacial score (nSPS) is 14.7. The fourth-order valence-corrected chi connectivity index (χ4v) is 1.86. The van der Waals surface area contributed by atoms with E-state index < -0.39 is 0 Å². The lowest BCUT2D eigenvalue weighted by Crippen LogP contribution is -2.12. The summed E-state index contributed by atoms with van der Waals surface area (Å²) in [5, 5.41) is 0. The molecule has 1 heterocycles. The molecule has 1 saturated carbocycles. The van der Waals surface area contributed by atoms with Gasteiger partial charge in [0.15, 0.2) is 0 Å². The molecule has 0 amide bonds. The van der Waals surface area contributed by atoms with E-state index in [2.05, 4.69) is 0 Å². The van der Waals surface area contributed by atoms with Gasteiger partial charge in [0.05, 0.1) is 12.3 Å². The van der Waals surface area contributed by atoms with Gasteiger partial charge < -0.3 is 19.8 Å². The van der Waals surface area contributed by atoms with Crippen LogP contribution in [0.5, 0.6) is 0 Å². The number of rotatable bonds is 7. The van der Waals surface area contributed by atoms with Crippen LogP contribution in [0, 0.1) is 0 Å². The predicted octanol–water partition coefficient (Wildman–Crippen LogP) is 1.99. The van der Waals surface area contributed by atoms with Crippen molar-refractivity contribution in [3.05, 3.63) is 18.0 Å². The molecular formula is C13H20N2O3. The summed E-state index contributed by atoms with van der Waals surface area (Å²) in [5.74, 6) is -0.296. The van der Waals surface area contributed by atoms with Gasteiger partial charge in [-0.2, -0.15) is 0 Å². The van der Waals surface area contributed by atoms with Crippen LogP contribution in [0.1, 0.15) is 42.7 Å². The van der Waals surface area contributed by atoms with E-state index in [0.717, 1.165) is 19.3 Å². The molecule has 0 aromatic carbocycles. The van der Waals surface area contributed by atoms with Crippen molar-refractivity contribution in [2.75, 3.05) is 25.6 Å². The smallest absolute Gasteiger partial charge is 0.355 e. The number of hydrogen-bond donors (Lipinski definition) is 1. The van der Waals surface area contributed by atoms with Crippen LogP contribution in [0.3, 0.4) is 0 Å². The first-order valence-corrected chi connectivity index (χ1v) is 6.44. The summed E-state index contributed by atoms with van der Waals surface area (Å²) in [4.78, 5) is 11.9. The maximum atomic E-state index is 11.9. The highest BCUT2D eigenvalue weighted by Crippen LogP contribution is 2.37. The van der Waals surface area contributed by atoms with E-state index in [9.17, 15) is 4.79 Å². The Labute approximate surface area is 107 Å². The minimum atomic E-state index is -0.296. The molecule has 5 heteroatoms. The molecule has 0 unspecified atom stereocenters. The fraction of sp³-hybridized carbons (Fsp3) is 0.615. The van der Waals surface area contributed by atoms with Crippen LogP contribution in [-0.2, 0) is 9.47 Å². The fourth-order valence-electron chi connectivity index (χ4n) is 1.86. The molecule has 0 atom stereocenters. The number of esters is 1. The molecule has 1 aliphatic rings. The van der Waals surface area contributed by atoms with Gasteiger partial charge in [-0.05, 0) is 25.8 Å². The lowest BCUT2D eigenvalue weighted by atomic mass is 10.4. The Kier molecular flexibility index (Phi) is 4.25. The van der Waals surface area contributed by atoms with Crippen molar-refractivity contribution in [2.24, 2.45) is 0 Å². The van der Waals surface area contributed by atoms with E-state index in [4.69, 9.17) is 15.2 Å². The van der Waals surface area contributed by atoms with Crippen molar-refractivity contribution in [1.82, 2.24) is 4.57 Å². The number of carbonyl (C=O) groups excluding carboxylic acids is 1. The molecule has 18 heavy (non-hydrogen) atoms. The third kappa shape index (κ3) is 3.26. The maximum Gasteiger partial charge on any atom is 0.355 e. The summed E-state index contributed by atoms with van der Waals surface area (Å²) in [6.07, 6.45) is 4.76. The summed E-state index contributed by atoms with van der Waals surface area (Å²) >= 11 is 0. The van der Waals surface area contributed by atoms with Gasteiger partial charge in [0, 0.05) is 31.9 Å². The number of ether oxygens (including phenoxy) is 2. The lowest BCUT2D eigenvalue weighted by Gasteiger charge is -2.07. The van der Waals surface area contributed by atoms with Crippen LogP contribution in [0.25, 0.3) is 0 Å². The molecule has 1 fully saturated rings. The summed E-state index contributed by atoms with van der Waals surface area (Å²) in [7, 11) is 0. The van der Waals surface area contributed by atoms with E-state index in [1.807, 2.05) is 17.7 Å². The van der Waals surface area contributed by atoms with Crippen molar-refractivity contribution >= 4 is 11.7 Å². The van der Waals surface area contributed by atoms with Crippen molar-refractivity contribution in [3.8, 4) is 0 Å². The second-order valence-corrected chi connectivity index (χ2v) is 4.48. The molecule has 100 valence electrons. The second kappa shape index (κ2) is 5.91. The summed E-state index contributed by atoms with van der Waals surface area (Å²) in [6.45, 7) is 3.64. The summed E-state index contributed by atoms with van der Waals surface area (Å²) in [6, 6.07) is 2.11. The van der Waals surface area contributed by atoms with Crippen molar-refractivity contribution in [2.45, 2.75) is 32.2 Å². The summed E-state index contributed by atoms with van der Waals surface area (Å²) < 4.78 is 12.3. The van der Waals surface area contributed by atoms with Gasteiger partial charge in [0.1, 0.15) is 5.69 Å². The Balaban J connectivity index is 1.84. The number of aromatic nitrogens is 1. The molecule has 1 aromatic heterocycles. The molecule has 1 aliphatic carbocycles. The summed E-state index contributed by atoms with van der Waals surface area (Å²) in [5.41, 5.74) is 6.90. The van der Waals surface area contributed by atoms with Gasteiger partial charge >= 0.3 is 5.97 Å². The van der Waals surface area contributed by atoms with E-state index in [-0.39, 0.29) is 5.97 Å². The Bertz CT molecular complexity index is 410. The highest BCUT2D eigenvalue weighted by atomic mass is 16.5. The molecule has 2 rings (SSSR count). The highest BCUT2D eigenvalue weighted by molar-refractivity contribution is 5.89. The first-order chi connectivity index (χ1) is 8.72. The largest absolute Gasteiger partial charge is 0.461 e. The van der Waals surface area contributed by atoms with Gasteiger partial charge in [0.2, 0.25) is 0 Å². The average Bonchev–Trinajstić information content (AvgIpc) is 3.12. The zero-order valence-corrected chi connectivity index (χ0v) is 10.7. The second-order valence-electron chi connectivity index (χ2n) is 4.48. The molecule has 1 aromatic rings. The molecule has 2 N–H and O–H groups in total. The quantitative estimate of drug-likeness (QED) is 0.595. The third-order valence-corrected chi connectivity index (χ3v) is 2.89. The first kappa shape index (κ1) is 13.0. The molecule has 0 saturated heterocycles.